The van der Waals surface area contributed by atoms with Crippen molar-refractivity contribution in [2.24, 2.45) is 26.1 Å². The van der Waals surface area contributed by atoms with Gasteiger partial charge in [-0.1, -0.05) is 41.9 Å². The van der Waals surface area contributed by atoms with Crippen LogP contribution < -0.4 is 11.5 Å². The number of hydrogen-bond donors (Lipinski definition) is 3. The van der Waals surface area contributed by atoms with Crippen LogP contribution in [-0.4, -0.2) is 19.4 Å². The topological polar surface area (TPSA) is 139 Å². The van der Waals surface area contributed by atoms with E-state index in [9.17, 15) is 8.42 Å². The van der Waals surface area contributed by atoms with Crippen molar-refractivity contribution >= 4 is 49.9 Å². The number of para-hydroxylation sites is 1. The Morgan fingerprint density at radius 1 is 0.871 bits per heavy atom. The second-order valence-corrected chi connectivity index (χ2v) is 8.63. The highest BCUT2D eigenvalue weighted by Gasteiger charge is 2.14. The van der Waals surface area contributed by atoms with Crippen LogP contribution in [0, 0.1) is 0 Å². The highest BCUT2D eigenvalue weighted by molar-refractivity contribution is 7.90. The second kappa shape index (κ2) is 8.21. The summed E-state index contributed by atoms with van der Waals surface area (Å²) in [6, 6.07) is 20.9. The SMILES string of the molecule is NC(N)=NS(=O)(=O)c1ccc(N=Nc2c(-c3ccc(Cl)cc3)[nH]c3ccccc23)cc1. The van der Waals surface area contributed by atoms with Gasteiger partial charge < -0.3 is 16.5 Å². The van der Waals surface area contributed by atoms with E-state index in [0.717, 1.165) is 22.2 Å². The number of guanidine groups is 1. The predicted octanol–water partition coefficient (Wildman–Crippen LogP) is 4.87. The number of fused-ring (bicyclic) bond motifs is 1. The van der Waals surface area contributed by atoms with E-state index in [1.807, 2.05) is 36.4 Å². The number of aromatic nitrogens is 1. The molecule has 0 fully saturated rings. The number of nitrogens with zero attached hydrogens (tertiary/aromatic N) is 3. The van der Waals surface area contributed by atoms with Gasteiger partial charge in [0.25, 0.3) is 10.0 Å². The molecule has 5 N–H and O–H groups in total. The van der Waals surface area contributed by atoms with Crippen molar-refractivity contribution in [2.45, 2.75) is 4.90 Å². The second-order valence-electron chi connectivity index (χ2n) is 6.59. The first kappa shape index (κ1) is 20.6. The molecule has 156 valence electrons. The first-order valence-corrected chi connectivity index (χ1v) is 10.9. The Morgan fingerprint density at radius 2 is 1.55 bits per heavy atom. The van der Waals surface area contributed by atoms with Crippen LogP contribution in [0.3, 0.4) is 0 Å². The largest absolute Gasteiger partial charge is 0.369 e. The summed E-state index contributed by atoms with van der Waals surface area (Å²) in [5.74, 6) is -0.530. The fourth-order valence-corrected chi connectivity index (χ4v) is 4.03. The van der Waals surface area contributed by atoms with Gasteiger partial charge in [-0.3, -0.25) is 0 Å². The number of H-pyrrole nitrogens is 1. The van der Waals surface area contributed by atoms with Gasteiger partial charge in [-0.2, -0.15) is 13.5 Å². The van der Waals surface area contributed by atoms with Crippen LogP contribution in [0.2, 0.25) is 5.02 Å². The average Bonchev–Trinajstić information content (AvgIpc) is 3.11. The molecule has 1 aromatic heterocycles. The van der Waals surface area contributed by atoms with Gasteiger partial charge in [-0.15, -0.1) is 9.51 Å². The fraction of sp³-hybridized carbons (Fsp3) is 0. The van der Waals surface area contributed by atoms with Gasteiger partial charge in [-0.05, 0) is 42.5 Å². The van der Waals surface area contributed by atoms with Crippen molar-refractivity contribution in [1.29, 1.82) is 0 Å². The van der Waals surface area contributed by atoms with Gasteiger partial charge in [0, 0.05) is 21.5 Å². The molecule has 0 unspecified atom stereocenters. The molecule has 10 heteroatoms. The number of nitrogens with one attached hydrogen (secondary N) is 1. The molecule has 4 aromatic rings. The average molecular weight is 453 g/mol. The third-order valence-corrected chi connectivity index (χ3v) is 6.01. The number of azo groups is 1. The molecule has 0 spiro atoms. The normalized spacial score (nSPS) is 11.8. The van der Waals surface area contributed by atoms with Crippen molar-refractivity contribution < 1.29 is 8.42 Å². The Balaban J connectivity index is 1.72. The summed E-state index contributed by atoms with van der Waals surface area (Å²) >= 11 is 6.01. The van der Waals surface area contributed by atoms with Gasteiger partial charge in [0.1, 0.15) is 5.69 Å². The number of nitrogens with two attached hydrogens (primary N) is 2. The van der Waals surface area contributed by atoms with Crippen LogP contribution >= 0.6 is 11.6 Å². The van der Waals surface area contributed by atoms with Gasteiger partial charge in [0.2, 0.25) is 5.96 Å². The van der Waals surface area contributed by atoms with Crippen LogP contribution in [0.15, 0.2) is 92.3 Å². The smallest absolute Gasteiger partial charge is 0.285 e. The molecule has 8 nitrogen and oxygen atoms in total. The molecule has 0 aliphatic heterocycles. The molecule has 0 amide bonds. The summed E-state index contributed by atoms with van der Waals surface area (Å²) in [4.78, 5) is 3.32. The summed E-state index contributed by atoms with van der Waals surface area (Å²) in [5.41, 5.74) is 14.1. The van der Waals surface area contributed by atoms with Crippen molar-refractivity contribution in [2.75, 3.05) is 0 Å². The zero-order valence-corrected chi connectivity index (χ0v) is 17.6. The third kappa shape index (κ3) is 4.42. The van der Waals surface area contributed by atoms with Crippen molar-refractivity contribution in [3.05, 3.63) is 77.8 Å². The lowest BCUT2D eigenvalue weighted by Crippen LogP contribution is -2.24. The Morgan fingerprint density at radius 3 is 2.23 bits per heavy atom. The minimum atomic E-state index is -3.96. The molecule has 0 aliphatic carbocycles. The molecular formula is C21H17ClN6O2S. The number of hydrogen-bond acceptors (Lipinski definition) is 4. The fourth-order valence-electron chi connectivity index (χ4n) is 3.04. The van der Waals surface area contributed by atoms with E-state index >= 15 is 0 Å². The van der Waals surface area contributed by atoms with Crippen LogP contribution in [0.4, 0.5) is 11.4 Å². The Kier molecular flexibility index (Phi) is 5.45. The summed E-state index contributed by atoms with van der Waals surface area (Å²) in [6.45, 7) is 0. The number of rotatable bonds is 5. The monoisotopic (exact) mass is 452 g/mol. The third-order valence-electron chi connectivity index (χ3n) is 4.44. The highest BCUT2D eigenvalue weighted by atomic mass is 35.5. The molecular weight excluding hydrogens is 436 g/mol. The van der Waals surface area contributed by atoms with E-state index in [0.29, 0.717) is 16.4 Å². The minimum absolute atomic E-state index is 0.0474. The van der Waals surface area contributed by atoms with Crippen LogP contribution in [0.5, 0.6) is 0 Å². The van der Waals surface area contributed by atoms with Crippen LogP contribution in [-0.2, 0) is 10.0 Å². The molecule has 4 rings (SSSR count). The maximum absolute atomic E-state index is 12.1. The lowest BCUT2D eigenvalue weighted by molar-refractivity contribution is 0.598. The van der Waals surface area contributed by atoms with Gasteiger partial charge in [0.15, 0.2) is 0 Å². The molecule has 0 radical (unpaired) electrons. The maximum atomic E-state index is 12.1. The van der Waals surface area contributed by atoms with Gasteiger partial charge in [-0.25, -0.2) is 0 Å². The number of halogens is 1. The lowest BCUT2D eigenvalue weighted by Gasteiger charge is -2.01. The van der Waals surface area contributed by atoms with Crippen molar-refractivity contribution in [3.63, 3.8) is 0 Å². The standard InChI is InChI=1S/C21H17ClN6O2S/c22-14-7-5-13(6-8-14)19-20(17-3-1-2-4-18(17)25-19)27-26-15-9-11-16(12-10-15)31(29,30)28-21(23)24/h1-12,25H,(H4,23,24,28). The molecule has 3 aromatic carbocycles. The van der Waals surface area contributed by atoms with Crippen LogP contribution in [0.25, 0.3) is 22.2 Å². The number of aromatic amines is 1. The number of sulfonamides is 1. The Bertz CT molecular complexity index is 1400. The molecule has 0 aliphatic rings. The minimum Gasteiger partial charge on any atom is -0.369 e. The highest BCUT2D eigenvalue weighted by Crippen LogP contribution is 2.38. The van der Waals surface area contributed by atoms with Crippen molar-refractivity contribution in [1.82, 2.24) is 4.98 Å². The first-order valence-electron chi connectivity index (χ1n) is 9.08. The summed E-state index contributed by atoms with van der Waals surface area (Å²) in [7, 11) is -3.96. The molecule has 0 bridgehead atoms. The molecule has 0 atom stereocenters. The molecule has 0 saturated carbocycles. The summed E-state index contributed by atoms with van der Waals surface area (Å²) in [5, 5.41) is 10.3. The van der Waals surface area contributed by atoms with Crippen molar-refractivity contribution in [3.8, 4) is 11.3 Å². The molecule has 0 saturated heterocycles. The van der Waals surface area contributed by atoms with E-state index in [1.54, 1.807) is 12.1 Å². The molecule has 31 heavy (non-hydrogen) atoms. The molecule has 1 heterocycles. The quantitative estimate of drug-likeness (QED) is 0.226. The van der Waals surface area contributed by atoms with E-state index < -0.39 is 16.0 Å². The first-order chi connectivity index (χ1) is 14.8. The van der Waals surface area contributed by atoms with E-state index in [1.165, 1.54) is 24.3 Å². The summed E-state index contributed by atoms with van der Waals surface area (Å²) in [6.07, 6.45) is 0. The van der Waals surface area contributed by atoms with Gasteiger partial charge >= 0.3 is 0 Å². The van der Waals surface area contributed by atoms with E-state index in [4.69, 9.17) is 23.1 Å². The Hall–Kier alpha value is -3.69. The van der Waals surface area contributed by atoms with Gasteiger partial charge in [0.05, 0.1) is 16.3 Å². The van der Waals surface area contributed by atoms with E-state index in [-0.39, 0.29) is 4.90 Å². The zero-order chi connectivity index (χ0) is 22.0. The van der Waals surface area contributed by atoms with Crippen LogP contribution in [0.1, 0.15) is 0 Å². The number of benzene rings is 3. The zero-order valence-electron chi connectivity index (χ0n) is 16.0. The van der Waals surface area contributed by atoms with E-state index in [2.05, 4.69) is 19.6 Å². The Labute approximate surface area is 183 Å². The lowest BCUT2D eigenvalue weighted by atomic mass is 10.1. The summed E-state index contributed by atoms with van der Waals surface area (Å²) < 4.78 is 27.4. The maximum Gasteiger partial charge on any atom is 0.285 e. The predicted molar refractivity (Wildman–Crippen MR) is 122 cm³/mol.